The molecule has 0 amide bonds. The van der Waals surface area contributed by atoms with E-state index in [-0.39, 0.29) is 5.91 Å². The van der Waals surface area contributed by atoms with Gasteiger partial charge in [-0.3, -0.25) is 4.79 Å². The lowest BCUT2D eigenvalue weighted by atomic mass is 10.1. The lowest BCUT2D eigenvalue weighted by Crippen LogP contribution is -2.15. The fourth-order valence-corrected chi connectivity index (χ4v) is 2.51. The van der Waals surface area contributed by atoms with Crippen LogP contribution < -0.4 is 0 Å². The maximum absolute atomic E-state index is 12.8. The van der Waals surface area contributed by atoms with Crippen molar-refractivity contribution in [2.24, 2.45) is 0 Å². The number of aromatic nitrogens is 2. The second-order valence-electron chi connectivity index (χ2n) is 5.51. The van der Waals surface area contributed by atoms with Crippen molar-refractivity contribution in [3.05, 3.63) is 77.0 Å². The standard InChI is InChI=1S/C19H18N2O/c1-13-9-11-17(12-10-13)19(22)21-18(14(2)15(3)20-21)16-7-5-4-6-8-16/h4-12H,1-3H3. The molecule has 0 aliphatic carbocycles. The van der Waals surface area contributed by atoms with Gasteiger partial charge in [0.1, 0.15) is 0 Å². The molecule has 3 rings (SSSR count). The monoisotopic (exact) mass is 290 g/mol. The molecule has 0 unspecified atom stereocenters. The molecule has 1 aromatic heterocycles. The average molecular weight is 290 g/mol. The van der Waals surface area contributed by atoms with Crippen molar-refractivity contribution >= 4 is 5.91 Å². The van der Waals surface area contributed by atoms with Crippen LogP contribution in [0, 0.1) is 20.8 Å². The maximum Gasteiger partial charge on any atom is 0.278 e. The highest BCUT2D eigenvalue weighted by Crippen LogP contribution is 2.26. The number of carbonyl (C=O) groups excluding carboxylic acids is 1. The van der Waals surface area contributed by atoms with E-state index in [1.54, 1.807) is 0 Å². The van der Waals surface area contributed by atoms with Crippen LogP contribution in [0.2, 0.25) is 0 Å². The minimum Gasteiger partial charge on any atom is -0.267 e. The summed E-state index contributed by atoms with van der Waals surface area (Å²) in [5.74, 6) is -0.102. The minimum absolute atomic E-state index is 0.102. The number of rotatable bonds is 2. The Morgan fingerprint density at radius 2 is 1.55 bits per heavy atom. The van der Waals surface area contributed by atoms with Crippen molar-refractivity contribution in [3.8, 4) is 11.3 Å². The van der Waals surface area contributed by atoms with E-state index in [0.29, 0.717) is 5.56 Å². The predicted octanol–water partition coefficient (Wildman–Crippen LogP) is 4.16. The Balaban J connectivity index is 2.13. The van der Waals surface area contributed by atoms with E-state index in [4.69, 9.17) is 0 Å². The molecule has 0 aliphatic heterocycles. The van der Waals surface area contributed by atoms with Gasteiger partial charge in [-0.15, -0.1) is 0 Å². The van der Waals surface area contributed by atoms with Crippen LogP contribution in [0.15, 0.2) is 54.6 Å². The number of carbonyl (C=O) groups is 1. The second-order valence-corrected chi connectivity index (χ2v) is 5.51. The van der Waals surface area contributed by atoms with Crippen LogP contribution in [0.3, 0.4) is 0 Å². The zero-order chi connectivity index (χ0) is 15.7. The molecule has 2 aromatic carbocycles. The Morgan fingerprint density at radius 1 is 0.909 bits per heavy atom. The molecule has 0 radical (unpaired) electrons. The van der Waals surface area contributed by atoms with Gasteiger partial charge in [0, 0.05) is 11.1 Å². The van der Waals surface area contributed by atoms with Gasteiger partial charge >= 0.3 is 0 Å². The van der Waals surface area contributed by atoms with Crippen molar-refractivity contribution in [1.82, 2.24) is 9.78 Å². The topological polar surface area (TPSA) is 34.9 Å². The number of aryl methyl sites for hydroxylation is 2. The molecule has 0 bridgehead atoms. The third-order valence-electron chi connectivity index (χ3n) is 3.90. The third-order valence-corrected chi connectivity index (χ3v) is 3.90. The van der Waals surface area contributed by atoms with Crippen LogP contribution in [0.4, 0.5) is 0 Å². The molecule has 3 heteroatoms. The summed E-state index contributed by atoms with van der Waals surface area (Å²) in [7, 11) is 0. The normalized spacial score (nSPS) is 10.7. The number of nitrogens with zero attached hydrogens (tertiary/aromatic N) is 2. The van der Waals surface area contributed by atoms with E-state index in [0.717, 1.165) is 28.1 Å². The lowest BCUT2D eigenvalue weighted by Gasteiger charge is -2.08. The van der Waals surface area contributed by atoms with Gasteiger partial charge in [-0.05, 0) is 38.5 Å². The highest BCUT2D eigenvalue weighted by atomic mass is 16.2. The largest absolute Gasteiger partial charge is 0.278 e. The van der Waals surface area contributed by atoms with E-state index in [1.807, 2.05) is 75.4 Å². The summed E-state index contributed by atoms with van der Waals surface area (Å²) < 4.78 is 1.52. The first-order chi connectivity index (χ1) is 10.6. The number of hydrogen-bond acceptors (Lipinski definition) is 2. The molecule has 0 fully saturated rings. The van der Waals surface area contributed by atoms with E-state index < -0.39 is 0 Å². The average Bonchev–Trinajstić information content (AvgIpc) is 2.84. The van der Waals surface area contributed by atoms with Gasteiger partial charge in [0.15, 0.2) is 0 Å². The Bertz CT molecular complexity index is 815. The quantitative estimate of drug-likeness (QED) is 0.710. The Hall–Kier alpha value is -2.68. The predicted molar refractivity (Wildman–Crippen MR) is 88.0 cm³/mol. The molecule has 0 aliphatic rings. The van der Waals surface area contributed by atoms with Gasteiger partial charge in [-0.25, -0.2) is 0 Å². The van der Waals surface area contributed by atoms with Crippen LogP contribution >= 0.6 is 0 Å². The van der Waals surface area contributed by atoms with Gasteiger partial charge in [-0.1, -0.05) is 48.0 Å². The molecule has 110 valence electrons. The van der Waals surface area contributed by atoms with Crippen LogP contribution in [-0.4, -0.2) is 15.7 Å². The summed E-state index contributed by atoms with van der Waals surface area (Å²) in [6.07, 6.45) is 0. The van der Waals surface area contributed by atoms with Crippen LogP contribution in [0.5, 0.6) is 0 Å². The van der Waals surface area contributed by atoms with Gasteiger partial charge < -0.3 is 0 Å². The molecule has 0 atom stereocenters. The minimum atomic E-state index is -0.102. The molecule has 3 nitrogen and oxygen atoms in total. The molecule has 0 spiro atoms. The van der Waals surface area contributed by atoms with Gasteiger partial charge in [0.2, 0.25) is 0 Å². The summed E-state index contributed by atoms with van der Waals surface area (Å²) >= 11 is 0. The van der Waals surface area contributed by atoms with Crippen molar-refractivity contribution in [2.75, 3.05) is 0 Å². The number of benzene rings is 2. The van der Waals surface area contributed by atoms with E-state index in [9.17, 15) is 4.79 Å². The molecular formula is C19H18N2O. The summed E-state index contributed by atoms with van der Waals surface area (Å²) in [4.78, 5) is 12.8. The first kappa shape index (κ1) is 14.3. The first-order valence-electron chi connectivity index (χ1n) is 7.31. The lowest BCUT2D eigenvalue weighted by molar-refractivity contribution is 0.0947. The molecule has 0 saturated carbocycles. The van der Waals surface area contributed by atoms with E-state index >= 15 is 0 Å². The van der Waals surface area contributed by atoms with Gasteiger partial charge in [0.25, 0.3) is 5.91 Å². The maximum atomic E-state index is 12.8. The Kier molecular flexibility index (Phi) is 3.63. The Labute approximate surface area is 130 Å². The van der Waals surface area contributed by atoms with Crippen molar-refractivity contribution in [2.45, 2.75) is 20.8 Å². The molecule has 22 heavy (non-hydrogen) atoms. The highest BCUT2D eigenvalue weighted by Gasteiger charge is 2.19. The van der Waals surface area contributed by atoms with Gasteiger partial charge in [0.05, 0.1) is 11.4 Å². The molecule has 0 N–H and O–H groups in total. The highest BCUT2D eigenvalue weighted by molar-refractivity contribution is 5.98. The first-order valence-corrected chi connectivity index (χ1v) is 7.31. The van der Waals surface area contributed by atoms with Crippen molar-refractivity contribution in [3.63, 3.8) is 0 Å². The molecule has 0 saturated heterocycles. The molecule has 3 aromatic rings. The summed E-state index contributed by atoms with van der Waals surface area (Å²) in [5.41, 5.74) is 5.55. The summed E-state index contributed by atoms with van der Waals surface area (Å²) in [6, 6.07) is 17.5. The van der Waals surface area contributed by atoms with E-state index in [2.05, 4.69) is 5.10 Å². The van der Waals surface area contributed by atoms with Crippen molar-refractivity contribution < 1.29 is 4.79 Å². The molecule has 1 heterocycles. The fourth-order valence-electron chi connectivity index (χ4n) is 2.51. The SMILES string of the molecule is Cc1ccc(C(=O)n2nc(C)c(C)c2-c2ccccc2)cc1. The zero-order valence-electron chi connectivity index (χ0n) is 13.0. The van der Waals surface area contributed by atoms with Gasteiger partial charge in [-0.2, -0.15) is 9.78 Å². The number of hydrogen-bond donors (Lipinski definition) is 0. The smallest absolute Gasteiger partial charge is 0.267 e. The Morgan fingerprint density at radius 3 is 2.18 bits per heavy atom. The zero-order valence-corrected chi connectivity index (χ0v) is 13.0. The van der Waals surface area contributed by atoms with Crippen molar-refractivity contribution in [1.29, 1.82) is 0 Å². The second kappa shape index (κ2) is 5.60. The van der Waals surface area contributed by atoms with Crippen LogP contribution in [0.1, 0.15) is 27.2 Å². The van der Waals surface area contributed by atoms with Crippen LogP contribution in [-0.2, 0) is 0 Å². The molecular weight excluding hydrogens is 272 g/mol. The summed E-state index contributed by atoms with van der Waals surface area (Å²) in [6.45, 7) is 5.94. The summed E-state index contributed by atoms with van der Waals surface area (Å²) in [5, 5.41) is 4.45. The third kappa shape index (κ3) is 2.46. The van der Waals surface area contributed by atoms with E-state index in [1.165, 1.54) is 4.68 Å². The van der Waals surface area contributed by atoms with Crippen LogP contribution in [0.25, 0.3) is 11.3 Å². The fraction of sp³-hybridized carbons (Fsp3) is 0.158.